The van der Waals surface area contributed by atoms with Crippen LogP contribution in [0.4, 0.5) is 0 Å². The van der Waals surface area contributed by atoms with Crippen molar-refractivity contribution in [2.75, 3.05) is 7.11 Å². The van der Waals surface area contributed by atoms with Crippen molar-refractivity contribution in [2.45, 2.75) is 13.5 Å². The normalized spacial score (nSPS) is 10.8. The fourth-order valence-electron chi connectivity index (χ4n) is 2.05. The quantitative estimate of drug-likeness (QED) is 0.649. The fourth-order valence-corrected chi connectivity index (χ4v) is 2.05. The van der Waals surface area contributed by atoms with Crippen LogP contribution >= 0.6 is 0 Å². The van der Waals surface area contributed by atoms with Crippen LogP contribution in [0.25, 0.3) is 6.08 Å². The summed E-state index contributed by atoms with van der Waals surface area (Å²) in [5.74, 6) is -0.251. The molecule has 2 rings (SSSR count). The number of rotatable bonds is 6. The van der Waals surface area contributed by atoms with E-state index in [0.717, 1.165) is 5.56 Å². The van der Waals surface area contributed by atoms with E-state index in [1.54, 1.807) is 24.3 Å². The summed E-state index contributed by atoms with van der Waals surface area (Å²) in [6.45, 7) is 2.41. The Labute approximate surface area is 140 Å². The number of carboxylic acid groups (broad SMARTS) is 1. The Morgan fingerprint density at radius 2 is 1.92 bits per heavy atom. The molecule has 1 N–H and O–H groups in total. The number of hydrogen-bond acceptors (Lipinski definition) is 4. The Balaban J connectivity index is 2.18. The van der Waals surface area contributed by atoms with Crippen LogP contribution in [0.5, 0.6) is 11.5 Å². The highest BCUT2D eigenvalue weighted by Crippen LogP contribution is 2.29. The predicted octanol–water partition coefficient (Wildman–Crippen LogP) is 3.57. The number of carbonyl (C=O) groups is 1. The van der Waals surface area contributed by atoms with E-state index in [2.05, 4.69) is 0 Å². The van der Waals surface area contributed by atoms with Gasteiger partial charge in [0.1, 0.15) is 18.2 Å². The van der Waals surface area contributed by atoms with Crippen LogP contribution in [0.2, 0.25) is 0 Å². The van der Waals surface area contributed by atoms with Crippen LogP contribution in [-0.4, -0.2) is 18.2 Å². The van der Waals surface area contributed by atoms with Crippen LogP contribution in [0.1, 0.15) is 16.7 Å². The molecule has 0 amide bonds. The maximum Gasteiger partial charge on any atom is 0.346 e. The molecule has 5 nitrogen and oxygen atoms in total. The van der Waals surface area contributed by atoms with E-state index >= 15 is 0 Å². The Morgan fingerprint density at radius 1 is 1.21 bits per heavy atom. The molecule has 5 heteroatoms. The van der Waals surface area contributed by atoms with Gasteiger partial charge in [-0.25, -0.2) is 4.79 Å². The minimum atomic E-state index is -1.27. The van der Waals surface area contributed by atoms with Crippen molar-refractivity contribution in [2.24, 2.45) is 0 Å². The van der Waals surface area contributed by atoms with Gasteiger partial charge in [-0.2, -0.15) is 5.26 Å². The van der Waals surface area contributed by atoms with Crippen LogP contribution in [0.15, 0.2) is 48.0 Å². The van der Waals surface area contributed by atoms with E-state index in [-0.39, 0.29) is 5.57 Å². The fraction of sp³-hybridized carbons (Fsp3) is 0.158. The van der Waals surface area contributed by atoms with Crippen molar-refractivity contribution in [1.29, 1.82) is 5.26 Å². The topological polar surface area (TPSA) is 79.5 Å². The predicted molar refractivity (Wildman–Crippen MR) is 89.7 cm³/mol. The van der Waals surface area contributed by atoms with Crippen LogP contribution in [-0.2, 0) is 11.4 Å². The van der Waals surface area contributed by atoms with Gasteiger partial charge in [-0.1, -0.05) is 35.9 Å². The summed E-state index contributed by atoms with van der Waals surface area (Å²) in [6, 6.07) is 14.6. The largest absolute Gasteiger partial charge is 0.493 e. The van der Waals surface area contributed by atoms with Crippen LogP contribution < -0.4 is 9.47 Å². The van der Waals surface area contributed by atoms with Crippen molar-refractivity contribution in [3.63, 3.8) is 0 Å². The molecule has 122 valence electrons. The minimum absolute atomic E-state index is 0.342. The number of methoxy groups -OCH3 is 1. The van der Waals surface area contributed by atoms with Gasteiger partial charge in [0.2, 0.25) is 0 Å². The Morgan fingerprint density at radius 3 is 2.50 bits per heavy atom. The van der Waals surface area contributed by atoms with E-state index in [1.807, 2.05) is 31.2 Å². The Kier molecular flexibility index (Phi) is 5.58. The maximum atomic E-state index is 10.9. The number of aryl methyl sites for hydroxylation is 1. The van der Waals surface area contributed by atoms with Gasteiger partial charge in [-0.3, -0.25) is 0 Å². The van der Waals surface area contributed by atoms with Gasteiger partial charge in [-0.15, -0.1) is 0 Å². The lowest BCUT2D eigenvalue weighted by Crippen LogP contribution is -1.99. The standard InChI is InChI=1S/C19H17NO4/c1-13-3-5-14(6-4-13)12-24-17-8-7-15(10-18(17)23-2)9-16(11-20)19(21)22/h3-10H,12H2,1-2H3,(H,21,22). The molecule has 0 unspecified atom stereocenters. The average molecular weight is 323 g/mol. The third kappa shape index (κ3) is 4.37. The summed E-state index contributed by atoms with van der Waals surface area (Å²) in [6.07, 6.45) is 1.29. The highest BCUT2D eigenvalue weighted by Gasteiger charge is 2.09. The zero-order chi connectivity index (χ0) is 17.5. The lowest BCUT2D eigenvalue weighted by Gasteiger charge is -2.11. The molecule has 0 radical (unpaired) electrons. The average Bonchev–Trinajstić information content (AvgIpc) is 2.59. The number of hydrogen-bond donors (Lipinski definition) is 1. The first kappa shape index (κ1) is 17.1. The molecule has 2 aromatic rings. The van der Waals surface area contributed by atoms with Crippen LogP contribution in [0.3, 0.4) is 0 Å². The first-order chi connectivity index (χ1) is 11.5. The van der Waals surface area contributed by atoms with E-state index in [9.17, 15) is 4.79 Å². The third-order valence-electron chi connectivity index (χ3n) is 3.36. The van der Waals surface area contributed by atoms with Gasteiger partial charge in [0, 0.05) is 0 Å². The molecule has 0 fully saturated rings. The molecule has 0 aliphatic rings. The molecule has 2 aromatic carbocycles. The summed E-state index contributed by atoms with van der Waals surface area (Å²) < 4.78 is 11.0. The molecule has 0 aliphatic heterocycles. The summed E-state index contributed by atoms with van der Waals surface area (Å²) >= 11 is 0. The number of ether oxygens (including phenoxy) is 2. The number of carboxylic acids is 1. The second kappa shape index (κ2) is 7.84. The molecule has 0 atom stereocenters. The van der Waals surface area contributed by atoms with Gasteiger partial charge in [0.25, 0.3) is 0 Å². The Hall–Kier alpha value is -3.26. The number of benzene rings is 2. The van der Waals surface area contributed by atoms with E-state index in [0.29, 0.717) is 23.7 Å². The second-order valence-electron chi connectivity index (χ2n) is 5.16. The molecule has 24 heavy (non-hydrogen) atoms. The monoisotopic (exact) mass is 323 g/mol. The molecule has 0 saturated heterocycles. The number of nitrogens with zero attached hydrogens (tertiary/aromatic N) is 1. The maximum absolute atomic E-state index is 10.9. The van der Waals surface area contributed by atoms with Crippen molar-refractivity contribution in [3.05, 3.63) is 64.7 Å². The van der Waals surface area contributed by atoms with Gasteiger partial charge in [-0.05, 0) is 36.3 Å². The highest BCUT2D eigenvalue weighted by molar-refractivity contribution is 5.96. The summed E-state index contributed by atoms with van der Waals surface area (Å²) in [5.41, 5.74) is 2.42. The molecule has 0 aromatic heterocycles. The number of aliphatic carboxylic acids is 1. The zero-order valence-electron chi connectivity index (χ0n) is 13.4. The molecule has 0 spiro atoms. The lowest BCUT2D eigenvalue weighted by molar-refractivity contribution is -0.132. The molecule has 0 saturated carbocycles. The van der Waals surface area contributed by atoms with E-state index in [1.165, 1.54) is 18.7 Å². The third-order valence-corrected chi connectivity index (χ3v) is 3.36. The summed E-state index contributed by atoms with van der Waals surface area (Å²) in [7, 11) is 1.50. The van der Waals surface area contributed by atoms with E-state index < -0.39 is 5.97 Å². The van der Waals surface area contributed by atoms with Crippen molar-refractivity contribution < 1.29 is 19.4 Å². The molecule has 0 heterocycles. The van der Waals surface area contributed by atoms with Crippen molar-refractivity contribution in [1.82, 2.24) is 0 Å². The summed E-state index contributed by atoms with van der Waals surface area (Å²) in [4.78, 5) is 10.9. The van der Waals surface area contributed by atoms with Crippen molar-refractivity contribution >= 4 is 12.0 Å². The molecule has 0 bridgehead atoms. The molecular formula is C19H17NO4. The first-order valence-corrected chi connectivity index (χ1v) is 7.25. The first-order valence-electron chi connectivity index (χ1n) is 7.25. The molecule has 0 aliphatic carbocycles. The molecular weight excluding hydrogens is 306 g/mol. The van der Waals surface area contributed by atoms with Gasteiger partial charge in [0.15, 0.2) is 11.5 Å². The SMILES string of the molecule is COc1cc(C=C(C#N)C(=O)O)ccc1OCc1ccc(C)cc1. The van der Waals surface area contributed by atoms with Gasteiger partial charge < -0.3 is 14.6 Å². The summed E-state index contributed by atoms with van der Waals surface area (Å²) in [5, 5.41) is 17.7. The van der Waals surface area contributed by atoms with Gasteiger partial charge >= 0.3 is 5.97 Å². The highest BCUT2D eigenvalue weighted by atomic mass is 16.5. The Bertz CT molecular complexity index is 801. The lowest BCUT2D eigenvalue weighted by atomic mass is 10.1. The van der Waals surface area contributed by atoms with E-state index in [4.69, 9.17) is 19.8 Å². The minimum Gasteiger partial charge on any atom is -0.493 e. The zero-order valence-corrected chi connectivity index (χ0v) is 13.4. The smallest absolute Gasteiger partial charge is 0.346 e. The second-order valence-corrected chi connectivity index (χ2v) is 5.16. The van der Waals surface area contributed by atoms with Crippen LogP contribution in [0, 0.1) is 18.3 Å². The number of nitriles is 1. The van der Waals surface area contributed by atoms with Gasteiger partial charge in [0.05, 0.1) is 7.11 Å². The van der Waals surface area contributed by atoms with Crippen molar-refractivity contribution in [3.8, 4) is 17.6 Å².